The molecule has 0 saturated heterocycles. The quantitative estimate of drug-likeness (QED) is 0.733. The van der Waals surface area contributed by atoms with E-state index in [1.807, 2.05) is 6.92 Å². The van der Waals surface area contributed by atoms with Crippen LogP contribution in [0.4, 0.5) is 0 Å². The number of aliphatic hydroxyl groups excluding tert-OH is 1. The number of rotatable bonds is 7. The van der Waals surface area contributed by atoms with Gasteiger partial charge in [0.25, 0.3) is 11.8 Å². The van der Waals surface area contributed by atoms with Crippen molar-refractivity contribution in [1.29, 1.82) is 0 Å². The first-order chi connectivity index (χ1) is 8.11. The van der Waals surface area contributed by atoms with Crippen molar-refractivity contribution in [3.63, 3.8) is 0 Å². The van der Waals surface area contributed by atoms with Crippen LogP contribution in [0.2, 0.25) is 0 Å². The van der Waals surface area contributed by atoms with E-state index >= 15 is 0 Å². The van der Waals surface area contributed by atoms with Crippen LogP contribution in [0.3, 0.4) is 0 Å². The molecule has 0 bridgehead atoms. The number of amides is 1. The number of hydrogen-bond acceptors (Lipinski definition) is 5. The fourth-order valence-corrected chi connectivity index (χ4v) is 1.18. The van der Waals surface area contributed by atoms with Gasteiger partial charge in [0.15, 0.2) is 6.61 Å². The first-order valence-corrected chi connectivity index (χ1v) is 5.62. The molecule has 1 aromatic heterocycles. The molecule has 1 rings (SSSR count). The first kappa shape index (κ1) is 13.5. The summed E-state index contributed by atoms with van der Waals surface area (Å²) in [7, 11) is 0. The summed E-state index contributed by atoms with van der Waals surface area (Å²) in [6, 6.07) is 1.61. The molecule has 0 aliphatic heterocycles. The Morgan fingerprint density at radius 1 is 1.71 bits per heavy atom. The fourth-order valence-electron chi connectivity index (χ4n) is 1.18. The lowest BCUT2D eigenvalue weighted by molar-refractivity contribution is -0.123. The number of ether oxygens (including phenoxy) is 1. The standard InChI is InChI=1S/C11H18N2O4/c1-3-9(14)4-5-12-10(15)7-16-11-6-8(2)17-13-11/h6,9,14H,3-5,7H2,1-2H3,(H,12,15). The van der Waals surface area contributed by atoms with E-state index in [1.54, 1.807) is 13.0 Å². The van der Waals surface area contributed by atoms with Crippen molar-refractivity contribution in [1.82, 2.24) is 10.5 Å². The number of carbonyl (C=O) groups is 1. The lowest BCUT2D eigenvalue weighted by Gasteiger charge is -2.08. The van der Waals surface area contributed by atoms with Crippen molar-refractivity contribution >= 4 is 5.91 Å². The van der Waals surface area contributed by atoms with E-state index in [0.717, 1.165) is 0 Å². The molecule has 0 aliphatic carbocycles. The molecule has 1 atom stereocenters. The summed E-state index contributed by atoms with van der Waals surface area (Å²) >= 11 is 0. The van der Waals surface area contributed by atoms with Gasteiger partial charge in [-0.1, -0.05) is 6.92 Å². The van der Waals surface area contributed by atoms with Gasteiger partial charge in [-0.2, -0.15) is 0 Å². The van der Waals surface area contributed by atoms with Crippen LogP contribution >= 0.6 is 0 Å². The van der Waals surface area contributed by atoms with E-state index in [4.69, 9.17) is 9.26 Å². The topological polar surface area (TPSA) is 84.6 Å². The Hall–Kier alpha value is -1.56. The zero-order valence-corrected chi connectivity index (χ0v) is 10.1. The molecular weight excluding hydrogens is 224 g/mol. The van der Waals surface area contributed by atoms with Crippen molar-refractivity contribution in [3.8, 4) is 5.88 Å². The average molecular weight is 242 g/mol. The first-order valence-electron chi connectivity index (χ1n) is 5.62. The second-order valence-corrected chi connectivity index (χ2v) is 3.77. The van der Waals surface area contributed by atoms with E-state index in [2.05, 4.69) is 10.5 Å². The number of aryl methyl sites for hydroxylation is 1. The zero-order chi connectivity index (χ0) is 12.7. The molecule has 1 amide bonds. The van der Waals surface area contributed by atoms with Crippen molar-refractivity contribution in [2.75, 3.05) is 13.2 Å². The van der Waals surface area contributed by atoms with Gasteiger partial charge in [0.05, 0.1) is 6.10 Å². The molecule has 1 heterocycles. The molecular formula is C11H18N2O4. The molecule has 0 aromatic carbocycles. The van der Waals surface area contributed by atoms with E-state index in [0.29, 0.717) is 31.0 Å². The molecule has 0 spiro atoms. The van der Waals surface area contributed by atoms with E-state index in [9.17, 15) is 9.90 Å². The number of nitrogens with one attached hydrogen (secondary N) is 1. The van der Waals surface area contributed by atoms with Gasteiger partial charge in [-0.05, 0) is 24.9 Å². The van der Waals surface area contributed by atoms with E-state index in [-0.39, 0.29) is 18.6 Å². The number of aliphatic hydroxyl groups is 1. The lowest BCUT2D eigenvalue weighted by atomic mass is 10.2. The maximum Gasteiger partial charge on any atom is 0.258 e. The summed E-state index contributed by atoms with van der Waals surface area (Å²) in [5.41, 5.74) is 0. The third-order valence-electron chi connectivity index (χ3n) is 2.23. The van der Waals surface area contributed by atoms with Gasteiger partial charge in [0.2, 0.25) is 0 Å². The third-order valence-corrected chi connectivity index (χ3v) is 2.23. The molecule has 1 unspecified atom stereocenters. The van der Waals surface area contributed by atoms with Gasteiger partial charge >= 0.3 is 0 Å². The predicted molar refractivity (Wildman–Crippen MR) is 60.7 cm³/mol. The minimum atomic E-state index is -0.366. The van der Waals surface area contributed by atoms with Crippen molar-refractivity contribution in [2.45, 2.75) is 32.8 Å². The highest BCUT2D eigenvalue weighted by Gasteiger charge is 2.06. The Morgan fingerprint density at radius 2 is 2.47 bits per heavy atom. The minimum Gasteiger partial charge on any atom is -0.465 e. The Kier molecular flexibility index (Phi) is 5.48. The Balaban J connectivity index is 2.13. The second kappa shape index (κ2) is 6.90. The predicted octanol–water partition coefficient (Wildman–Crippen LogP) is 0.639. The zero-order valence-electron chi connectivity index (χ0n) is 10.1. The Morgan fingerprint density at radius 3 is 3.06 bits per heavy atom. The number of aromatic nitrogens is 1. The summed E-state index contributed by atoms with van der Waals surface area (Å²) in [6.07, 6.45) is 0.866. The molecule has 0 radical (unpaired) electrons. The molecule has 96 valence electrons. The van der Waals surface area contributed by atoms with Crippen LogP contribution in [-0.2, 0) is 4.79 Å². The van der Waals surface area contributed by atoms with Gasteiger partial charge in [-0.15, -0.1) is 0 Å². The van der Waals surface area contributed by atoms with Crippen LogP contribution in [0, 0.1) is 6.92 Å². The average Bonchev–Trinajstić information content (AvgIpc) is 2.72. The molecule has 0 fully saturated rings. The smallest absolute Gasteiger partial charge is 0.258 e. The molecule has 0 saturated carbocycles. The minimum absolute atomic E-state index is 0.103. The second-order valence-electron chi connectivity index (χ2n) is 3.77. The summed E-state index contributed by atoms with van der Waals surface area (Å²) in [4.78, 5) is 11.3. The number of nitrogens with zero attached hydrogens (tertiary/aromatic N) is 1. The Bertz CT molecular complexity index is 351. The van der Waals surface area contributed by atoms with E-state index < -0.39 is 0 Å². The van der Waals surface area contributed by atoms with Crippen LogP contribution in [-0.4, -0.2) is 35.4 Å². The lowest BCUT2D eigenvalue weighted by Crippen LogP contribution is -2.31. The van der Waals surface area contributed by atoms with Crippen molar-refractivity contribution < 1.29 is 19.2 Å². The highest BCUT2D eigenvalue weighted by atomic mass is 16.5. The van der Waals surface area contributed by atoms with Gasteiger partial charge in [-0.25, -0.2) is 0 Å². The highest BCUT2D eigenvalue weighted by molar-refractivity contribution is 5.77. The van der Waals surface area contributed by atoms with Gasteiger partial charge in [0, 0.05) is 12.6 Å². The van der Waals surface area contributed by atoms with Gasteiger partial charge in [-0.3, -0.25) is 4.79 Å². The molecule has 1 aromatic rings. The Labute approximate surface area is 99.9 Å². The maximum atomic E-state index is 11.3. The van der Waals surface area contributed by atoms with Crippen LogP contribution < -0.4 is 10.1 Å². The molecule has 6 heteroatoms. The van der Waals surface area contributed by atoms with Crippen molar-refractivity contribution in [2.24, 2.45) is 0 Å². The number of carbonyl (C=O) groups excluding carboxylic acids is 1. The maximum absolute atomic E-state index is 11.3. The summed E-state index contributed by atoms with van der Waals surface area (Å²) in [6.45, 7) is 3.97. The highest BCUT2D eigenvalue weighted by Crippen LogP contribution is 2.09. The largest absolute Gasteiger partial charge is 0.465 e. The van der Waals surface area contributed by atoms with E-state index in [1.165, 1.54) is 0 Å². The van der Waals surface area contributed by atoms with Crippen LogP contribution in [0.15, 0.2) is 10.6 Å². The van der Waals surface area contributed by atoms with Crippen molar-refractivity contribution in [3.05, 3.63) is 11.8 Å². The normalized spacial score (nSPS) is 12.2. The fraction of sp³-hybridized carbons (Fsp3) is 0.636. The monoisotopic (exact) mass is 242 g/mol. The van der Waals surface area contributed by atoms with Gasteiger partial charge < -0.3 is 19.7 Å². The summed E-state index contributed by atoms with van der Waals surface area (Å²) in [5.74, 6) is 0.687. The van der Waals surface area contributed by atoms with Crippen LogP contribution in [0.25, 0.3) is 0 Å². The van der Waals surface area contributed by atoms with Gasteiger partial charge in [0.1, 0.15) is 5.76 Å². The SMILES string of the molecule is CCC(O)CCNC(=O)COc1cc(C)on1. The molecule has 2 N–H and O–H groups in total. The summed E-state index contributed by atoms with van der Waals surface area (Å²) in [5, 5.41) is 15.5. The molecule has 6 nitrogen and oxygen atoms in total. The molecule has 17 heavy (non-hydrogen) atoms. The third kappa shape index (κ3) is 5.35. The van der Waals surface area contributed by atoms with Crippen LogP contribution in [0.1, 0.15) is 25.5 Å². The molecule has 0 aliphatic rings. The van der Waals surface area contributed by atoms with Crippen LogP contribution in [0.5, 0.6) is 5.88 Å². The summed E-state index contributed by atoms with van der Waals surface area (Å²) < 4.78 is 9.88. The number of hydrogen-bond donors (Lipinski definition) is 2.